The molecule has 11 heteroatoms. The van der Waals surface area contributed by atoms with E-state index in [4.69, 9.17) is 15.3 Å². The van der Waals surface area contributed by atoms with E-state index in [2.05, 4.69) is 0 Å². The zero-order valence-electron chi connectivity index (χ0n) is 15.5. The monoisotopic (exact) mass is 388 g/mol. The number of nitrogens with zero attached hydrogens (tertiary/aromatic N) is 4. The van der Waals surface area contributed by atoms with E-state index < -0.39 is 17.9 Å². The number of hydrogen-bond acceptors (Lipinski definition) is 7. The number of carboxylic acids is 3. The summed E-state index contributed by atoms with van der Waals surface area (Å²) in [7, 11) is 0. The lowest BCUT2D eigenvalue weighted by molar-refractivity contribution is -0.141. The number of amides is 1. The van der Waals surface area contributed by atoms with E-state index in [1.807, 2.05) is 0 Å². The first-order valence-electron chi connectivity index (χ1n) is 8.75. The predicted molar refractivity (Wildman–Crippen MR) is 94.5 cm³/mol. The van der Waals surface area contributed by atoms with E-state index in [0.29, 0.717) is 52.4 Å². The van der Waals surface area contributed by atoms with Crippen molar-refractivity contribution in [2.24, 2.45) is 0 Å². The van der Waals surface area contributed by atoms with Gasteiger partial charge in [-0.25, -0.2) is 0 Å². The molecule has 0 saturated carbocycles. The van der Waals surface area contributed by atoms with Crippen molar-refractivity contribution in [3.63, 3.8) is 0 Å². The van der Waals surface area contributed by atoms with Crippen LogP contribution in [-0.2, 0) is 19.2 Å². The Kier molecular flexibility index (Phi) is 9.68. The van der Waals surface area contributed by atoms with Crippen molar-refractivity contribution in [3.8, 4) is 0 Å². The van der Waals surface area contributed by atoms with Crippen LogP contribution in [0.3, 0.4) is 0 Å². The lowest BCUT2D eigenvalue weighted by Gasteiger charge is -2.32. The molecule has 1 amide bonds. The van der Waals surface area contributed by atoms with Gasteiger partial charge in [0.2, 0.25) is 5.91 Å². The molecule has 27 heavy (non-hydrogen) atoms. The maximum atomic E-state index is 11.8. The summed E-state index contributed by atoms with van der Waals surface area (Å²) in [4.78, 5) is 51.6. The average Bonchev–Trinajstić information content (AvgIpc) is 2.53. The van der Waals surface area contributed by atoms with E-state index in [9.17, 15) is 19.2 Å². The van der Waals surface area contributed by atoms with E-state index in [1.165, 1.54) is 6.92 Å². The van der Waals surface area contributed by atoms with Crippen LogP contribution in [0.2, 0.25) is 0 Å². The molecule has 3 N–H and O–H groups in total. The van der Waals surface area contributed by atoms with Crippen molar-refractivity contribution in [1.82, 2.24) is 19.6 Å². The van der Waals surface area contributed by atoms with Gasteiger partial charge in [0, 0.05) is 59.3 Å². The number of rotatable bonds is 6. The first-order valence-corrected chi connectivity index (χ1v) is 8.75. The zero-order chi connectivity index (χ0) is 20.4. The van der Waals surface area contributed by atoms with Crippen molar-refractivity contribution in [3.05, 3.63) is 0 Å². The Bertz CT molecular complexity index is 511. The first-order chi connectivity index (χ1) is 12.7. The summed E-state index contributed by atoms with van der Waals surface area (Å²) in [6, 6.07) is 0. The van der Waals surface area contributed by atoms with Crippen LogP contribution < -0.4 is 0 Å². The predicted octanol–water partition coefficient (Wildman–Crippen LogP) is -1.99. The maximum Gasteiger partial charge on any atom is 0.317 e. The minimum Gasteiger partial charge on any atom is -0.480 e. The second-order valence-electron chi connectivity index (χ2n) is 6.52. The van der Waals surface area contributed by atoms with Gasteiger partial charge in [-0.1, -0.05) is 0 Å². The van der Waals surface area contributed by atoms with Crippen molar-refractivity contribution in [2.45, 2.75) is 6.92 Å². The molecule has 1 aliphatic rings. The summed E-state index contributed by atoms with van der Waals surface area (Å²) >= 11 is 0. The largest absolute Gasteiger partial charge is 0.480 e. The van der Waals surface area contributed by atoms with Gasteiger partial charge in [-0.2, -0.15) is 0 Å². The van der Waals surface area contributed by atoms with Crippen LogP contribution in [0.4, 0.5) is 0 Å². The highest BCUT2D eigenvalue weighted by molar-refractivity contribution is 5.73. The summed E-state index contributed by atoms with van der Waals surface area (Å²) in [5, 5.41) is 27.2. The first kappa shape index (κ1) is 22.8. The van der Waals surface area contributed by atoms with Gasteiger partial charge in [0.15, 0.2) is 0 Å². The van der Waals surface area contributed by atoms with Gasteiger partial charge < -0.3 is 20.2 Å². The summed E-state index contributed by atoms with van der Waals surface area (Å²) in [6.45, 7) is 3.48. The van der Waals surface area contributed by atoms with Crippen LogP contribution >= 0.6 is 0 Å². The fraction of sp³-hybridized carbons (Fsp3) is 0.750. The van der Waals surface area contributed by atoms with Gasteiger partial charge >= 0.3 is 17.9 Å². The molecule has 0 aromatic heterocycles. The molecule has 1 rings (SSSR count). The van der Waals surface area contributed by atoms with Gasteiger partial charge in [0.1, 0.15) is 0 Å². The number of carbonyl (C=O) groups excluding carboxylic acids is 1. The smallest absolute Gasteiger partial charge is 0.317 e. The molecule has 0 aromatic carbocycles. The van der Waals surface area contributed by atoms with Gasteiger partial charge in [0.05, 0.1) is 19.6 Å². The minimum absolute atomic E-state index is 0.162. The normalized spacial score (nSPS) is 19.1. The Morgan fingerprint density at radius 3 is 1.07 bits per heavy atom. The van der Waals surface area contributed by atoms with Crippen LogP contribution in [0, 0.1) is 0 Å². The molecule has 1 heterocycles. The number of carbonyl (C=O) groups is 4. The summed E-state index contributed by atoms with van der Waals surface area (Å²) in [6.07, 6.45) is 0. The molecular formula is C16H28N4O7. The molecule has 0 radical (unpaired) electrons. The lowest BCUT2D eigenvalue weighted by atomic mass is 10.3. The van der Waals surface area contributed by atoms with Crippen LogP contribution in [0.15, 0.2) is 0 Å². The number of carboxylic acid groups (broad SMARTS) is 3. The Balaban J connectivity index is 2.90. The highest BCUT2D eigenvalue weighted by Gasteiger charge is 2.20. The standard InChI is InChI=1S/C16H28N4O7/c1-13(21)20-8-6-18(11-15(24)25)4-2-17(10-14(22)23)3-5-19(7-9-20)12-16(26)27/h2-12H2,1H3,(H,22,23)(H,24,25)(H,26,27). The topological polar surface area (TPSA) is 142 Å². The second-order valence-corrected chi connectivity index (χ2v) is 6.52. The third kappa shape index (κ3) is 9.87. The summed E-state index contributed by atoms with van der Waals surface area (Å²) in [5.41, 5.74) is 0. The molecule has 0 aliphatic carbocycles. The molecule has 0 aromatic rings. The quantitative estimate of drug-likeness (QED) is 0.468. The molecule has 0 bridgehead atoms. The SMILES string of the molecule is CC(=O)N1CCN(CC(=O)O)CCN(CC(=O)O)CCN(CC(=O)O)CC1. The Morgan fingerprint density at radius 2 is 0.852 bits per heavy atom. The van der Waals surface area contributed by atoms with Gasteiger partial charge in [-0.3, -0.25) is 33.9 Å². The molecule has 1 fully saturated rings. The van der Waals surface area contributed by atoms with Gasteiger partial charge in [-0.05, 0) is 0 Å². The van der Waals surface area contributed by atoms with Crippen LogP contribution in [0.25, 0.3) is 0 Å². The molecule has 11 nitrogen and oxygen atoms in total. The zero-order valence-corrected chi connectivity index (χ0v) is 15.5. The maximum absolute atomic E-state index is 11.8. The summed E-state index contributed by atoms with van der Waals surface area (Å²) in [5.74, 6) is -3.15. The highest BCUT2D eigenvalue weighted by Crippen LogP contribution is 2.01. The average molecular weight is 388 g/mol. The number of hydrogen-bond donors (Lipinski definition) is 3. The fourth-order valence-electron chi connectivity index (χ4n) is 2.90. The van der Waals surface area contributed by atoms with Crippen molar-refractivity contribution >= 4 is 23.8 Å². The third-order valence-corrected chi connectivity index (χ3v) is 4.36. The molecule has 0 unspecified atom stereocenters. The summed E-state index contributed by atoms with van der Waals surface area (Å²) < 4.78 is 0. The van der Waals surface area contributed by atoms with Crippen molar-refractivity contribution in [1.29, 1.82) is 0 Å². The van der Waals surface area contributed by atoms with Gasteiger partial charge in [-0.15, -0.1) is 0 Å². The van der Waals surface area contributed by atoms with E-state index >= 15 is 0 Å². The van der Waals surface area contributed by atoms with E-state index in [1.54, 1.807) is 19.6 Å². The Hall–Kier alpha value is -2.24. The molecule has 1 aliphatic heterocycles. The Morgan fingerprint density at radius 1 is 0.593 bits per heavy atom. The van der Waals surface area contributed by atoms with Crippen LogP contribution in [0.5, 0.6) is 0 Å². The van der Waals surface area contributed by atoms with Crippen LogP contribution in [0.1, 0.15) is 6.92 Å². The molecule has 154 valence electrons. The molecular weight excluding hydrogens is 360 g/mol. The third-order valence-electron chi connectivity index (χ3n) is 4.36. The Labute approximate surface area is 157 Å². The second kappa shape index (κ2) is 11.5. The van der Waals surface area contributed by atoms with E-state index in [0.717, 1.165) is 0 Å². The lowest BCUT2D eigenvalue weighted by Crippen LogP contribution is -2.49. The minimum atomic E-state index is -1.00. The molecule has 1 saturated heterocycles. The van der Waals surface area contributed by atoms with E-state index in [-0.39, 0.29) is 25.5 Å². The van der Waals surface area contributed by atoms with Crippen LogP contribution in [-0.4, -0.2) is 131 Å². The highest BCUT2D eigenvalue weighted by atomic mass is 16.4. The van der Waals surface area contributed by atoms with Gasteiger partial charge in [0.25, 0.3) is 0 Å². The fourth-order valence-corrected chi connectivity index (χ4v) is 2.90. The molecule has 0 atom stereocenters. The number of aliphatic carboxylic acids is 3. The van der Waals surface area contributed by atoms with Crippen molar-refractivity contribution < 1.29 is 34.5 Å². The van der Waals surface area contributed by atoms with Crippen molar-refractivity contribution in [2.75, 3.05) is 72.0 Å². The molecule has 0 spiro atoms.